The zero-order valence-electron chi connectivity index (χ0n) is 15.0. The van der Waals surface area contributed by atoms with E-state index < -0.39 is 0 Å². The van der Waals surface area contributed by atoms with E-state index >= 15 is 0 Å². The van der Waals surface area contributed by atoms with Gasteiger partial charge in [0.05, 0.1) is 0 Å². The Bertz CT molecular complexity index is 914. The third kappa shape index (κ3) is 3.32. The molecule has 0 saturated heterocycles. The Hall–Kier alpha value is -1.66. The summed E-state index contributed by atoms with van der Waals surface area (Å²) in [6.45, 7) is 4.30. The minimum absolute atomic E-state index is 0.164. The molecule has 0 spiro atoms. The second kappa shape index (κ2) is 7.53. The molecule has 0 saturated carbocycles. The van der Waals surface area contributed by atoms with Gasteiger partial charge in [0.1, 0.15) is 5.82 Å². The third-order valence-electron chi connectivity index (χ3n) is 4.80. The molecular weight excluding hydrogens is 365 g/mol. The van der Waals surface area contributed by atoms with Crippen molar-refractivity contribution in [2.45, 2.75) is 56.5 Å². The van der Waals surface area contributed by atoms with E-state index in [1.807, 2.05) is 23.5 Å². The van der Waals surface area contributed by atoms with Gasteiger partial charge in [-0.15, -0.1) is 21.5 Å². The lowest BCUT2D eigenvalue weighted by Crippen LogP contribution is -2.07. The Morgan fingerprint density at radius 1 is 1.19 bits per heavy atom. The molecule has 0 fully saturated rings. The molecule has 0 atom stereocenters. The van der Waals surface area contributed by atoms with E-state index in [2.05, 4.69) is 34.0 Å². The minimum Gasteiger partial charge on any atom is -0.299 e. The van der Waals surface area contributed by atoms with Crippen LogP contribution in [0.4, 0.5) is 4.39 Å². The van der Waals surface area contributed by atoms with Crippen LogP contribution < -0.4 is 0 Å². The first-order valence-electron chi connectivity index (χ1n) is 9.06. The van der Waals surface area contributed by atoms with Crippen molar-refractivity contribution in [2.24, 2.45) is 0 Å². The van der Waals surface area contributed by atoms with Crippen molar-refractivity contribution >= 4 is 23.1 Å². The molecule has 0 N–H and O–H groups in total. The fourth-order valence-corrected chi connectivity index (χ4v) is 5.64. The van der Waals surface area contributed by atoms with Gasteiger partial charge >= 0.3 is 0 Å². The van der Waals surface area contributed by atoms with E-state index in [-0.39, 0.29) is 11.9 Å². The van der Waals surface area contributed by atoms with Crippen molar-refractivity contribution in [3.63, 3.8) is 0 Å². The third-order valence-corrected chi connectivity index (χ3v) is 6.88. The van der Waals surface area contributed by atoms with E-state index in [9.17, 15) is 4.39 Å². The number of aromatic nitrogens is 3. The number of halogens is 1. The molecule has 4 rings (SSSR count). The highest BCUT2D eigenvalue weighted by Crippen LogP contribution is 2.38. The Morgan fingerprint density at radius 3 is 2.81 bits per heavy atom. The van der Waals surface area contributed by atoms with E-state index in [0.29, 0.717) is 11.3 Å². The van der Waals surface area contributed by atoms with Gasteiger partial charge in [-0.3, -0.25) is 4.57 Å². The molecule has 26 heavy (non-hydrogen) atoms. The topological polar surface area (TPSA) is 30.7 Å². The molecular formula is C20H22FN3S2. The second-order valence-corrected chi connectivity index (χ2v) is 8.81. The second-order valence-electron chi connectivity index (χ2n) is 6.91. The van der Waals surface area contributed by atoms with Crippen molar-refractivity contribution in [1.29, 1.82) is 0 Å². The number of thiophene rings is 1. The maximum absolute atomic E-state index is 13.9. The van der Waals surface area contributed by atoms with Gasteiger partial charge < -0.3 is 0 Å². The number of thioether (sulfide) groups is 1. The van der Waals surface area contributed by atoms with Crippen LogP contribution in [0.15, 0.2) is 34.8 Å². The molecule has 136 valence electrons. The van der Waals surface area contributed by atoms with Gasteiger partial charge in [0, 0.05) is 27.6 Å². The summed E-state index contributed by atoms with van der Waals surface area (Å²) in [6.07, 6.45) is 4.86. The summed E-state index contributed by atoms with van der Waals surface area (Å²) >= 11 is 3.40. The van der Waals surface area contributed by atoms with Crippen LogP contribution >= 0.6 is 23.1 Å². The molecule has 6 heteroatoms. The highest BCUT2D eigenvalue weighted by Gasteiger charge is 2.23. The molecule has 0 radical (unpaired) electrons. The molecule has 1 aliphatic rings. The lowest BCUT2D eigenvalue weighted by Gasteiger charge is -2.16. The molecule has 2 aromatic heterocycles. The van der Waals surface area contributed by atoms with Crippen LogP contribution in [0.3, 0.4) is 0 Å². The molecule has 1 aliphatic carbocycles. The molecule has 2 heterocycles. The van der Waals surface area contributed by atoms with Gasteiger partial charge in [-0.25, -0.2) is 4.39 Å². The zero-order chi connectivity index (χ0) is 18.1. The van der Waals surface area contributed by atoms with Gasteiger partial charge in [0.15, 0.2) is 11.0 Å². The van der Waals surface area contributed by atoms with Crippen LogP contribution in [0.1, 0.15) is 48.7 Å². The minimum atomic E-state index is -0.164. The Kier molecular flexibility index (Phi) is 5.14. The van der Waals surface area contributed by atoms with E-state index in [4.69, 9.17) is 0 Å². The summed E-state index contributed by atoms with van der Waals surface area (Å²) in [5.74, 6) is 1.34. The maximum Gasteiger partial charge on any atom is 0.192 e. The number of fused-ring (bicyclic) bond motifs is 1. The van der Waals surface area contributed by atoms with Crippen molar-refractivity contribution in [3.05, 3.63) is 51.5 Å². The highest BCUT2D eigenvalue weighted by atomic mass is 32.2. The lowest BCUT2D eigenvalue weighted by molar-refractivity contribution is 0.554. The summed E-state index contributed by atoms with van der Waals surface area (Å²) in [7, 11) is 0. The highest BCUT2D eigenvalue weighted by molar-refractivity contribution is 7.98. The fraction of sp³-hybridized carbons (Fsp3) is 0.400. The van der Waals surface area contributed by atoms with Crippen LogP contribution in [0, 0.1) is 5.82 Å². The zero-order valence-corrected chi connectivity index (χ0v) is 16.7. The van der Waals surface area contributed by atoms with Crippen LogP contribution in [0.5, 0.6) is 0 Å². The van der Waals surface area contributed by atoms with E-state index in [1.54, 1.807) is 17.8 Å². The maximum atomic E-state index is 13.9. The number of rotatable bonds is 5. The Morgan fingerprint density at radius 2 is 2.00 bits per heavy atom. The van der Waals surface area contributed by atoms with Gasteiger partial charge in [0.2, 0.25) is 0 Å². The van der Waals surface area contributed by atoms with Crippen molar-refractivity contribution in [3.8, 4) is 11.4 Å². The van der Waals surface area contributed by atoms with Crippen molar-refractivity contribution in [1.82, 2.24) is 14.8 Å². The average molecular weight is 388 g/mol. The predicted octanol–water partition coefficient (Wildman–Crippen LogP) is 5.90. The summed E-state index contributed by atoms with van der Waals surface area (Å²) in [6, 6.07) is 7.18. The fourth-order valence-electron chi connectivity index (χ4n) is 3.46. The normalized spacial score (nSPS) is 14.0. The number of aryl methyl sites for hydroxylation is 1. The first-order valence-corrected chi connectivity index (χ1v) is 10.9. The molecule has 1 aromatic carbocycles. The van der Waals surface area contributed by atoms with Crippen LogP contribution in [-0.2, 0) is 18.6 Å². The predicted molar refractivity (Wildman–Crippen MR) is 106 cm³/mol. The van der Waals surface area contributed by atoms with Gasteiger partial charge in [-0.05, 0) is 56.7 Å². The largest absolute Gasteiger partial charge is 0.299 e. The van der Waals surface area contributed by atoms with E-state index in [1.165, 1.54) is 41.3 Å². The average Bonchev–Trinajstić information content (AvgIpc) is 3.24. The van der Waals surface area contributed by atoms with Crippen LogP contribution in [0.25, 0.3) is 11.4 Å². The monoisotopic (exact) mass is 387 g/mol. The molecule has 0 aliphatic heterocycles. The van der Waals surface area contributed by atoms with Gasteiger partial charge in [0.25, 0.3) is 0 Å². The molecule has 0 unspecified atom stereocenters. The first kappa shape index (κ1) is 17.7. The Balaban J connectivity index is 1.65. The van der Waals surface area contributed by atoms with Gasteiger partial charge in [-0.1, -0.05) is 30.0 Å². The molecule has 0 amide bonds. The van der Waals surface area contributed by atoms with Crippen molar-refractivity contribution in [2.75, 3.05) is 0 Å². The number of hydrogen-bond donors (Lipinski definition) is 0. The number of benzene rings is 1. The molecule has 0 bridgehead atoms. The summed E-state index contributed by atoms with van der Waals surface area (Å²) in [4.78, 5) is 1.50. The summed E-state index contributed by atoms with van der Waals surface area (Å²) < 4.78 is 16.1. The number of nitrogens with zero attached hydrogens (tertiary/aromatic N) is 3. The van der Waals surface area contributed by atoms with E-state index in [0.717, 1.165) is 17.4 Å². The molecule has 3 aromatic rings. The smallest absolute Gasteiger partial charge is 0.192 e. The summed E-state index contributed by atoms with van der Waals surface area (Å²) in [5, 5.41) is 12.1. The number of hydrogen-bond acceptors (Lipinski definition) is 4. The first-order chi connectivity index (χ1) is 12.6. The standard InChI is InChI=1S/C20H22FN3S2/c1-13(2)24-19(16-12-25-18-10-6-4-8-15(16)18)22-23-20(24)26-11-14-7-3-5-9-17(14)21/h3,5,7,9,12-13H,4,6,8,10-11H2,1-2H3. The van der Waals surface area contributed by atoms with Crippen LogP contribution in [-0.4, -0.2) is 14.8 Å². The van der Waals surface area contributed by atoms with Gasteiger partial charge in [-0.2, -0.15) is 0 Å². The molecule has 3 nitrogen and oxygen atoms in total. The summed E-state index contributed by atoms with van der Waals surface area (Å²) in [5.41, 5.74) is 3.40. The van der Waals surface area contributed by atoms with Crippen LogP contribution in [0.2, 0.25) is 0 Å². The van der Waals surface area contributed by atoms with Crippen molar-refractivity contribution < 1.29 is 4.39 Å². The SMILES string of the molecule is CC(C)n1c(SCc2ccccc2F)nnc1-c1csc2c1CCCC2. The lowest BCUT2D eigenvalue weighted by atomic mass is 9.95. The Labute approximate surface area is 161 Å². The quantitative estimate of drug-likeness (QED) is 0.511.